The largest absolute Gasteiger partial charge is 0.328 e. The Morgan fingerprint density at radius 3 is 2.82 bits per heavy atom. The molecule has 96 valence electrons. The second kappa shape index (κ2) is 7.17. The van der Waals surface area contributed by atoms with Crippen molar-refractivity contribution in [1.29, 1.82) is 0 Å². The maximum absolute atomic E-state index is 6.19. The summed E-state index contributed by atoms with van der Waals surface area (Å²) < 4.78 is 0. The molecule has 1 unspecified atom stereocenters. The molecule has 0 spiro atoms. The minimum Gasteiger partial charge on any atom is -0.328 e. The van der Waals surface area contributed by atoms with Crippen LogP contribution < -0.4 is 5.73 Å². The molecule has 1 nitrogen and oxygen atoms in total. The first-order chi connectivity index (χ1) is 8.34. The molecule has 1 fully saturated rings. The molecule has 0 radical (unpaired) electrons. The molecule has 1 aromatic rings. The van der Waals surface area contributed by atoms with Crippen LogP contribution in [0.15, 0.2) is 17.5 Å². The van der Waals surface area contributed by atoms with Gasteiger partial charge in [-0.1, -0.05) is 31.7 Å². The fourth-order valence-electron chi connectivity index (χ4n) is 2.89. The van der Waals surface area contributed by atoms with Gasteiger partial charge in [-0.25, -0.2) is 0 Å². The molecule has 0 saturated heterocycles. The Hall–Kier alpha value is -0.340. The second-order valence-electron chi connectivity index (χ2n) is 5.46. The van der Waals surface area contributed by atoms with E-state index in [1.54, 1.807) is 0 Å². The minimum atomic E-state index is 0.440. The average molecular weight is 251 g/mol. The van der Waals surface area contributed by atoms with Crippen LogP contribution in [-0.2, 0) is 6.42 Å². The first-order valence-electron chi connectivity index (χ1n) is 7.12. The van der Waals surface area contributed by atoms with Gasteiger partial charge in [0.1, 0.15) is 0 Å². The Labute approximate surface area is 109 Å². The van der Waals surface area contributed by atoms with E-state index in [0.29, 0.717) is 6.04 Å². The molecule has 2 heteroatoms. The summed E-state index contributed by atoms with van der Waals surface area (Å²) in [4.78, 5) is 1.51. The Morgan fingerprint density at radius 2 is 2.12 bits per heavy atom. The number of thiophene rings is 1. The van der Waals surface area contributed by atoms with Crippen LogP contribution in [0, 0.1) is 5.92 Å². The van der Waals surface area contributed by atoms with E-state index in [0.717, 1.165) is 5.92 Å². The lowest BCUT2D eigenvalue weighted by atomic mass is 9.96. The highest BCUT2D eigenvalue weighted by Gasteiger charge is 2.15. The van der Waals surface area contributed by atoms with Gasteiger partial charge in [-0.15, -0.1) is 11.3 Å². The molecular weight excluding hydrogens is 226 g/mol. The Balaban J connectivity index is 1.52. The topological polar surface area (TPSA) is 26.0 Å². The molecule has 1 heterocycles. The third kappa shape index (κ3) is 4.81. The summed E-state index contributed by atoms with van der Waals surface area (Å²) >= 11 is 1.87. The lowest BCUT2D eigenvalue weighted by Gasteiger charge is -2.14. The summed E-state index contributed by atoms with van der Waals surface area (Å²) in [6, 6.07) is 4.81. The van der Waals surface area contributed by atoms with Gasteiger partial charge in [0.25, 0.3) is 0 Å². The van der Waals surface area contributed by atoms with E-state index in [1.165, 1.54) is 62.7 Å². The fourth-order valence-corrected chi connectivity index (χ4v) is 3.64. The van der Waals surface area contributed by atoms with Gasteiger partial charge in [-0.3, -0.25) is 0 Å². The van der Waals surface area contributed by atoms with Gasteiger partial charge in [-0.2, -0.15) is 0 Å². The smallest absolute Gasteiger partial charge is 0.00452 e. The van der Waals surface area contributed by atoms with Crippen molar-refractivity contribution in [3.05, 3.63) is 22.4 Å². The number of hydrogen-bond donors (Lipinski definition) is 1. The first kappa shape index (κ1) is 13.1. The van der Waals surface area contributed by atoms with Gasteiger partial charge in [-0.05, 0) is 49.5 Å². The van der Waals surface area contributed by atoms with Crippen molar-refractivity contribution in [3.63, 3.8) is 0 Å². The van der Waals surface area contributed by atoms with E-state index in [9.17, 15) is 0 Å². The zero-order chi connectivity index (χ0) is 11.9. The predicted octanol–water partition coefficient (Wildman–Crippen LogP) is 4.37. The SMILES string of the molecule is NC(CCCc1cccs1)CCC1CCCC1. The molecule has 1 atom stereocenters. The van der Waals surface area contributed by atoms with Crippen molar-refractivity contribution in [2.24, 2.45) is 11.7 Å². The number of nitrogens with two attached hydrogens (primary N) is 1. The zero-order valence-corrected chi connectivity index (χ0v) is 11.6. The molecule has 2 rings (SSSR count). The van der Waals surface area contributed by atoms with Crippen molar-refractivity contribution in [3.8, 4) is 0 Å². The fraction of sp³-hybridized carbons (Fsp3) is 0.733. The van der Waals surface area contributed by atoms with Crippen LogP contribution in [0.5, 0.6) is 0 Å². The third-order valence-corrected chi connectivity index (χ3v) is 4.93. The summed E-state index contributed by atoms with van der Waals surface area (Å²) in [5.41, 5.74) is 6.19. The van der Waals surface area contributed by atoms with E-state index in [-0.39, 0.29) is 0 Å². The summed E-state index contributed by atoms with van der Waals surface area (Å²) in [7, 11) is 0. The first-order valence-corrected chi connectivity index (χ1v) is 8.00. The molecule has 17 heavy (non-hydrogen) atoms. The molecular formula is C15H25NS. The van der Waals surface area contributed by atoms with E-state index in [4.69, 9.17) is 5.73 Å². The quantitative estimate of drug-likeness (QED) is 0.765. The normalized spacial score (nSPS) is 18.6. The van der Waals surface area contributed by atoms with Gasteiger partial charge >= 0.3 is 0 Å². The van der Waals surface area contributed by atoms with E-state index in [1.807, 2.05) is 11.3 Å². The molecule has 2 N–H and O–H groups in total. The Kier molecular flexibility index (Phi) is 5.53. The second-order valence-corrected chi connectivity index (χ2v) is 6.49. The van der Waals surface area contributed by atoms with E-state index < -0.39 is 0 Å². The highest BCUT2D eigenvalue weighted by atomic mass is 32.1. The van der Waals surface area contributed by atoms with Crippen molar-refractivity contribution in [2.45, 2.75) is 63.8 Å². The predicted molar refractivity (Wildman–Crippen MR) is 76.4 cm³/mol. The monoisotopic (exact) mass is 251 g/mol. The summed E-state index contributed by atoms with van der Waals surface area (Å²) in [5.74, 6) is 0.998. The van der Waals surface area contributed by atoms with Gasteiger partial charge in [0.05, 0.1) is 0 Å². The van der Waals surface area contributed by atoms with Crippen LogP contribution in [0.2, 0.25) is 0 Å². The van der Waals surface area contributed by atoms with Crippen LogP contribution in [0.4, 0.5) is 0 Å². The van der Waals surface area contributed by atoms with Crippen LogP contribution in [0.25, 0.3) is 0 Å². The van der Waals surface area contributed by atoms with Crippen molar-refractivity contribution in [1.82, 2.24) is 0 Å². The van der Waals surface area contributed by atoms with E-state index in [2.05, 4.69) is 17.5 Å². The van der Waals surface area contributed by atoms with Gasteiger partial charge in [0.2, 0.25) is 0 Å². The molecule has 1 aliphatic carbocycles. The molecule has 0 amide bonds. The maximum atomic E-state index is 6.19. The number of aryl methyl sites for hydroxylation is 1. The van der Waals surface area contributed by atoms with Crippen LogP contribution in [0.1, 0.15) is 56.2 Å². The van der Waals surface area contributed by atoms with Crippen molar-refractivity contribution in [2.75, 3.05) is 0 Å². The molecule has 1 aliphatic rings. The Morgan fingerprint density at radius 1 is 1.29 bits per heavy atom. The van der Waals surface area contributed by atoms with Crippen molar-refractivity contribution < 1.29 is 0 Å². The molecule has 1 saturated carbocycles. The van der Waals surface area contributed by atoms with Gasteiger partial charge in [0.15, 0.2) is 0 Å². The zero-order valence-electron chi connectivity index (χ0n) is 10.7. The highest BCUT2D eigenvalue weighted by Crippen LogP contribution is 2.29. The standard InChI is InChI=1S/C15H25NS/c16-14(11-10-13-5-1-2-6-13)7-3-8-15-9-4-12-17-15/h4,9,12-14H,1-3,5-8,10-11,16H2. The van der Waals surface area contributed by atoms with Gasteiger partial charge < -0.3 is 5.73 Å². The van der Waals surface area contributed by atoms with Crippen LogP contribution in [0.3, 0.4) is 0 Å². The van der Waals surface area contributed by atoms with Gasteiger partial charge in [0, 0.05) is 10.9 Å². The lowest BCUT2D eigenvalue weighted by molar-refractivity contribution is 0.433. The van der Waals surface area contributed by atoms with Crippen LogP contribution >= 0.6 is 11.3 Å². The van der Waals surface area contributed by atoms with Crippen molar-refractivity contribution >= 4 is 11.3 Å². The molecule has 0 bridgehead atoms. The number of hydrogen-bond acceptors (Lipinski definition) is 2. The molecule has 1 aromatic heterocycles. The molecule has 0 aromatic carbocycles. The lowest BCUT2D eigenvalue weighted by Crippen LogP contribution is -2.20. The van der Waals surface area contributed by atoms with E-state index >= 15 is 0 Å². The minimum absolute atomic E-state index is 0.440. The highest BCUT2D eigenvalue weighted by molar-refractivity contribution is 7.09. The summed E-state index contributed by atoms with van der Waals surface area (Å²) in [5, 5.41) is 2.16. The molecule has 0 aliphatic heterocycles. The average Bonchev–Trinajstić information content (AvgIpc) is 2.99. The Bertz CT molecular complexity index is 288. The summed E-state index contributed by atoms with van der Waals surface area (Å²) in [6.45, 7) is 0. The van der Waals surface area contributed by atoms with Crippen LogP contribution in [-0.4, -0.2) is 6.04 Å². The summed E-state index contributed by atoms with van der Waals surface area (Å²) in [6.07, 6.45) is 12.1. The maximum Gasteiger partial charge on any atom is 0.00452 e. The third-order valence-electron chi connectivity index (χ3n) is 4.00. The number of rotatable bonds is 7.